The number of rotatable bonds is 2. The zero-order valence-electron chi connectivity index (χ0n) is 12.4. The first-order valence-electron chi connectivity index (χ1n) is 7.59. The number of hydrogen-bond acceptors (Lipinski definition) is 4. The van der Waals surface area contributed by atoms with Gasteiger partial charge in [0, 0.05) is 41.6 Å². The minimum absolute atomic E-state index is 0.0731. The van der Waals surface area contributed by atoms with E-state index < -0.39 is 7.12 Å². The van der Waals surface area contributed by atoms with Gasteiger partial charge in [0.05, 0.1) is 11.7 Å². The second kappa shape index (κ2) is 5.12. The van der Waals surface area contributed by atoms with Crippen LogP contribution in [0.3, 0.4) is 0 Å². The van der Waals surface area contributed by atoms with Crippen molar-refractivity contribution in [2.24, 2.45) is 7.05 Å². The average molecular weight is 299 g/mol. The smallest absolute Gasteiger partial charge is 0.423 e. The summed E-state index contributed by atoms with van der Waals surface area (Å²) in [6.07, 6.45) is 6.68. The second-order valence-corrected chi connectivity index (χ2v) is 5.87. The Morgan fingerprint density at radius 1 is 1.36 bits per heavy atom. The molecule has 1 fully saturated rings. The van der Waals surface area contributed by atoms with E-state index in [1.807, 2.05) is 34.6 Å². The number of nitrogens with zero attached hydrogens (tertiary/aromatic N) is 3. The van der Waals surface area contributed by atoms with Gasteiger partial charge in [-0.1, -0.05) is 0 Å². The molecule has 2 N–H and O–H groups in total. The van der Waals surface area contributed by atoms with E-state index in [1.165, 1.54) is 0 Å². The molecule has 0 aliphatic carbocycles. The van der Waals surface area contributed by atoms with Crippen LogP contribution in [-0.2, 0) is 11.8 Å². The van der Waals surface area contributed by atoms with E-state index in [0.29, 0.717) is 5.46 Å². The molecule has 3 heterocycles. The lowest BCUT2D eigenvalue weighted by molar-refractivity contribution is -0.0366. The highest BCUT2D eigenvalue weighted by molar-refractivity contribution is 6.65. The molecule has 0 radical (unpaired) electrons. The molecule has 4 rings (SSSR count). The number of aryl methyl sites for hydroxylation is 1. The van der Waals surface area contributed by atoms with Crippen molar-refractivity contribution in [3.8, 4) is 0 Å². The van der Waals surface area contributed by atoms with Gasteiger partial charge in [-0.3, -0.25) is 0 Å². The Bertz CT molecular complexity index is 833. The van der Waals surface area contributed by atoms with E-state index in [4.69, 9.17) is 4.74 Å². The molecule has 1 aromatic carbocycles. The largest absolute Gasteiger partial charge is 0.491 e. The lowest BCUT2D eigenvalue weighted by atomic mass is 9.77. The standard InChI is InChI=1S/C15H18BN3O3/c1-18-6-5-10-8-12-11(14(15(10)18)16(20)21)9-17-19(12)13-4-2-3-7-22-13/h5-6,8-9,13,20-21H,2-4,7H2,1H3. The van der Waals surface area contributed by atoms with Gasteiger partial charge < -0.3 is 19.4 Å². The van der Waals surface area contributed by atoms with Crippen molar-refractivity contribution in [3.63, 3.8) is 0 Å². The fraction of sp³-hybridized carbons (Fsp3) is 0.400. The maximum absolute atomic E-state index is 9.86. The summed E-state index contributed by atoms with van der Waals surface area (Å²) in [7, 11) is 0.360. The Labute approximate surface area is 128 Å². The molecule has 1 unspecified atom stereocenters. The number of hydrogen-bond donors (Lipinski definition) is 2. The fourth-order valence-electron chi connectivity index (χ4n) is 3.42. The molecule has 0 spiro atoms. The maximum Gasteiger partial charge on any atom is 0.491 e. The van der Waals surface area contributed by atoms with Gasteiger partial charge in [-0.05, 0) is 31.4 Å². The highest BCUT2D eigenvalue weighted by Crippen LogP contribution is 2.28. The van der Waals surface area contributed by atoms with Crippen molar-refractivity contribution < 1.29 is 14.8 Å². The van der Waals surface area contributed by atoms with Crippen molar-refractivity contribution in [1.82, 2.24) is 14.3 Å². The predicted octanol–water partition coefficient (Wildman–Crippen LogP) is 0.907. The van der Waals surface area contributed by atoms with E-state index >= 15 is 0 Å². The lowest BCUT2D eigenvalue weighted by Gasteiger charge is -2.23. The summed E-state index contributed by atoms with van der Waals surface area (Å²) in [5, 5.41) is 25.9. The lowest BCUT2D eigenvalue weighted by Crippen LogP contribution is -2.32. The van der Waals surface area contributed by atoms with Gasteiger partial charge in [-0.2, -0.15) is 5.10 Å². The maximum atomic E-state index is 9.86. The van der Waals surface area contributed by atoms with Gasteiger partial charge in [-0.25, -0.2) is 4.68 Å². The molecule has 0 saturated carbocycles. The van der Waals surface area contributed by atoms with Gasteiger partial charge in [0.1, 0.15) is 0 Å². The molecule has 22 heavy (non-hydrogen) atoms. The third-order valence-electron chi connectivity index (χ3n) is 4.46. The Kier molecular flexibility index (Phi) is 3.21. The highest BCUT2D eigenvalue weighted by atomic mass is 16.5. The summed E-state index contributed by atoms with van der Waals surface area (Å²) in [4.78, 5) is 0. The van der Waals surface area contributed by atoms with E-state index in [0.717, 1.165) is 47.7 Å². The van der Waals surface area contributed by atoms with Gasteiger partial charge in [0.15, 0.2) is 6.23 Å². The molecule has 0 amide bonds. The van der Waals surface area contributed by atoms with E-state index in [-0.39, 0.29) is 6.23 Å². The van der Waals surface area contributed by atoms with Gasteiger partial charge in [0.25, 0.3) is 0 Å². The molecule has 6 nitrogen and oxygen atoms in total. The molecule has 1 aliphatic rings. The molecule has 1 saturated heterocycles. The second-order valence-electron chi connectivity index (χ2n) is 5.87. The van der Waals surface area contributed by atoms with Crippen molar-refractivity contribution >= 4 is 34.4 Å². The van der Waals surface area contributed by atoms with Gasteiger partial charge >= 0.3 is 7.12 Å². The zero-order valence-corrected chi connectivity index (χ0v) is 12.4. The summed E-state index contributed by atoms with van der Waals surface area (Å²) in [6.45, 7) is 0.745. The Morgan fingerprint density at radius 2 is 2.23 bits per heavy atom. The van der Waals surface area contributed by atoms with Crippen LogP contribution in [0.5, 0.6) is 0 Å². The van der Waals surface area contributed by atoms with E-state index in [1.54, 1.807) is 6.20 Å². The third-order valence-corrected chi connectivity index (χ3v) is 4.46. The van der Waals surface area contributed by atoms with Crippen LogP contribution in [0.25, 0.3) is 21.8 Å². The highest BCUT2D eigenvalue weighted by Gasteiger charge is 2.25. The van der Waals surface area contributed by atoms with Crippen LogP contribution in [-0.4, -0.2) is 38.1 Å². The molecule has 1 aliphatic heterocycles. The van der Waals surface area contributed by atoms with Crippen LogP contribution in [0, 0.1) is 0 Å². The minimum atomic E-state index is -1.54. The summed E-state index contributed by atoms with van der Waals surface area (Å²) in [6, 6.07) is 4.02. The van der Waals surface area contributed by atoms with Crippen LogP contribution in [0.1, 0.15) is 25.5 Å². The summed E-state index contributed by atoms with van der Waals surface area (Å²) < 4.78 is 9.59. The van der Waals surface area contributed by atoms with Crippen molar-refractivity contribution in [1.29, 1.82) is 0 Å². The Balaban J connectivity index is 1.99. The summed E-state index contributed by atoms with van der Waals surface area (Å²) in [5.41, 5.74) is 2.21. The minimum Gasteiger partial charge on any atom is -0.423 e. The van der Waals surface area contributed by atoms with E-state index in [9.17, 15) is 10.0 Å². The van der Waals surface area contributed by atoms with Crippen molar-refractivity contribution in [2.75, 3.05) is 6.61 Å². The topological polar surface area (TPSA) is 72.4 Å². The quantitative estimate of drug-likeness (QED) is 0.690. The van der Waals surface area contributed by atoms with Crippen LogP contribution in [0.15, 0.2) is 24.5 Å². The molecule has 3 aromatic rings. The van der Waals surface area contributed by atoms with Gasteiger partial charge in [0.2, 0.25) is 0 Å². The zero-order chi connectivity index (χ0) is 15.3. The molecular formula is C15H18BN3O3. The third kappa shape index (κ3) is 1.97. The molecular weight excluding hydrogens is 281 g/mol. The number of ether oxygens (including phenoxy) is 1. The Hall–Kier alpha value is -1.83. The van der Waals surface area contributed by atoms with Crippen LogP contribution < -0.4 is 5.46 Å². The van der Waals surface area contributed by atoms with Crippen molar-refractivity contribution in [2.45, 2.75) is 25.5 Å². The Morgan fingerprint density at radius 3 is 2.95 bits per heavy atom. The SMILES string of the molecule is Cn1ccc2cc3c(cnn3C3CCCCO3)c(B(O)O)c21. The molecule has 0 bridgehead atoms. The first kappa shape index (κ1) is 13.8. The molecule has 7 heteroatoms. The van der Waals surface area contributed by atoms with Gasteiger partial charge in [-0.15, -0.1) is 0 Å². The molecule has 114 valence electrons. The first-order chi connectivity index (χ1) is 10.7. The molecule has 1 atom stereocenters. The number of benzene rings is 1. The average Bonchev–Trinajstić information content (AvgIpc) is 3.10. The number of aromatic nitrogens is 3. The van der Waals surface area contributed by atoms with Crippen LogP contribution in [0.4, 0.5) is 0 Å². The number of fused-ring (bicyclic) bond motifs is 2. The monoisotopic (exact) mass is 299 g/mol. The van der Waals surface area contributed by atoms with Crippen molar-refractivity contribution in [3.05, 3.63) is 24.5 Å². The van der Waals surface area contributed by atoms with Crippen LogP contribution in [0.2, 0.25) is 0 Å². The first-order valence-corrected chi connectivity index (χ1v) is 7.59. The van der Waals surface area contributed by atoms with E-state index in [2.05, 4.69) is 5.10 Å². The predicted molar refractivity (Wildman–Crippen MR) is 84.9 cm³/mol. The summed E-state index contributed by atoms with van der Waals surface area (Å²) >= 11 is 0. The molecule has 2 aromatic heterocycles. The fourth-order valence-corrected chi connectivity index (χ4v) is 3.42. The normalized spacial score (nSPS) is 19.1. The summed E-state index contributed by atoms with van der Waals surface area (Å²) in [5.74, 6) is 0. The van der Waals surface area contributed by atoms with Crippen LogP contribution >= 0.6 is 0 Å².